The molecule has 4 nitrogen and oxygen atoms in total. The highest BCUT2D eigenvalue weighted by Gasteiger charge is 2.31. The van der Waals surface area contributed by atoms with Crippen molar-refractivity contribution in [1.29, 1.82) is 0 Å². The number of sulfonamides is 1. The lowest BCUT2D eigenvalue weighted by atomic mass is 10.0. The first-order valence-electron chi connectivity index (χ1n) is 7.60. The molecule has 1 aliphatic heterocycles. The fourth-order valence-electron chi connectivity index (χ4n) is 2.74. The van der Waals surface area contributed by atoms with E-state index in [0.29, 0.717) is 36.3 Å². The van der Waals surface area contributed by atoms with Crippen molar-refractivity contribution >= 4 is 10.0 Å². The van der Waals surface area contributed by atoms with Gasteiger partial charge in [0, 0.05) is 13.1 Å². The van der Waals surface area contributed by atoms with E-state index in [1.165, 1.54) is 0 Å². The first kappa shape index (κ1) is 16.3. The molecule has 1 saturated heterocycles. The van der Waals surface area contributed by atoms with Crippen LogP contribution in [0.15, 0.2) is 17.0 Å². The highest BCUT2D eigenvalue weighted by Crippen LogP contribution is 2.32. The zero-order chi connectivity index (χ0) is 15.6. The zero-order valence-electron chi connectivity index (χ0n) is 13.3. The monoisotopic (exact) mass is 311 g/mol. The average Bonchev–Trinajstić information content (AvgIpc) is 2.42. The van der Waals surface area contributed by atoms with Gasteiger partial charge in [-0.3, -0.25) is 0 Å². The van der Waals surface area contributed by atoms with Crippen molar-refractivity contribution in [2.45, 2.75) is 45.4 Å². The van der Waals surface area contributed by atoms with Crippen molar-refractivity contribution in [1.82, 2.24) is 4.31 Å². The van der Waals surface area contributed by atoms with Crippen LogP contribution in [0.5, 0.6) is 5.75 Å². The van der Waals surface area contributed by atoms with Gasteiger partial charge in [-0.15, -0.1) is 0 Å². The van der Waals surface area contributed by atoms with E-state index in [9.17, 15) is 8.42 Å². The highest BCUT2D eigenvalue weighted by atomic mass is 32.2. The molecule has 1 unspecified atom stereocenters. The Morgan fingerprint density at radius 2 is 1.95 bits per heavy atom. The van der Waals surface area contributed by atoms with Gasteiger partial charge in [-0.2, -0.15) is 4.31 Å². The van der Waals surface area contributed by atoms with Crippen molar-refractivity contribution in [3.05, 3.63) is 23.3 Å². The first-order valence-corrected chi connectivity index (χ1v) is 9.04. The van der Waals surface area contributed by atoms with Crippen LogP contribution < -0.4 is 4.74 Å². The van der Waals surface area contributed by atoms with E-state index in [2.05, 4.69) is 6.92 Å². The van der Waals surface area contributed by atoms with Gasteiger partial charge in [0.15, 0.2) is 0 Å². The Balaban J connectivity index is 2.45. The quantitative estimate of drug-likeness (QED) is 0.858. The molecular weight excluding hydrogens is 286 g/mol. The van der Waals surface area contributed by atoms with Crippen LogP contribution in [0.25, 0.3) is 0 Å². The summed E-state index contributed by atoms with van der Waals surface area (Å²) in [6.07, 6.45) is 2.02. The molecule has 21 heavy (non-hydrogen) atoms. The normalized spacial score (nSPS) is 20.5. The number of piperidine rings is 1. The number of ether oxygens (including phenoxy) is 1. The van der Waals surface area contributed by atoms with Crippen molar-refractivity contribution in [3.8, 4) is 5.75 Å². The third kappa shape index (κ3) is 3.40. The standard InChI is InChI=1S/C16H25NO3S/c1-5-20-15-9-13(3)14(4)10-16(15)21(18,19)17-8-6-7-12(2)11-17/h9-10,12H,5-8,11H2,1-4H3. The second-order valence-corrected chi connectivity index (χ2v) is 7.83. The van der Waals surface area contributed by atoms with Crippen molar-refractivity contribution in [3.63, 3.8) is 0 Å². The van der Waals surface area contributed by atoms with Gasteiger partial charge in [0.25, 0.3) is 0 Å². The summed E-state index contributed by atoms with van der Waals surface area (Å²) in [5.74, 6) is 0.884. The van der Waals surface area contributed by atoms with Gasteiger partial charge in [0.1, 0.15) is 10.6 Å². The van der Waals surface area contributed by atoms with Crippen molar-refractivity contribution in [2.24, 2.45) is 5.92 Å². The van der Waals surface area contributed by atoms with Crippen LogP contribution in [0, 0.1) is 19.8 Å². The molecule has 0 radical (unpaired) electrons. The molecule has 0 spiro atoms. The largest absolute Gasteiger partial charge is 0.492 e. The molecule has 0 bridgehead atoms. The second kappa shape index (κ2) is 6.36. The minimum atomic E-state index is -3.48. The third-order valence-corrected chi connectivity index (χ3v) is 5.98. The Bertz CT molecular complexity index is 610. The second-order valence-electron chi connectivity index (χ2n) is 5.93. The summed E-state index contributed by atoms with van der Waals surface area (Å²) >= 11 is 0. The van der Waals surface area contributed by atoms with Gasteiger partial charge in [-0.1, -0.05) is 6.92 Å². The Morgan fingerprint density at radius 1 is 1.29 bits per heavy atom. The molecule has 0 N–H and O–H groups in total. The van der Waals surface area contributed by atoms with Crippen LogP contribution in [0.2, 0.25) is 0 Å². The van der Waals surface area contributed by atoms with Crippen molar-refractivity contribution in [2.75, 3.05) is 19.7 Å². The van der Waals surface area contributed by atoms with E-state index in [1.54, 1.807) is 10.4 Å². The molecule has 1 heterocycles. The summed E-state index contributed by atoms with van der Waals surface area (Å²) in [4.78, 5) is 0.307. The number of hydrogen-bond donors (Lipinski definition) is 0. The van der Waals surface area contributed by atoms with Gasteiger partial charge in [0.05, 0.1) is 6.61 Å². The lowest BCUT2D eigenvalue weighted by Crippen LogP contribution is -2.39. The molecule has 1 atom stereocenters. The van der Waals surface area contributed by atoms with Gasteiger partial charge in [0.2, 0.25) is 10.0 Å². The Hall–Kier alpha value is -1.07. The molecule has 0 saturated carbocycles. The Morgan fingerprint density at radius 3 is 2.57 bits per heavy atom. The predicted octanol–water partition coefficient (Wildman–Crippen LogP) is 3.12. The van der Waals surface area contributed by atoms with E-state index in [0.717, 1.165) is 24.0 Å². The van der Waals surface area contributed by atoms with Crippen LogP contribution in [0.1, 0.15) is 37.8 Å². The molecule has 1 aromatic rings. The van der Waals surface area contributed by atoms with Gasteiger partial charge in [-0.25, -0.2) is 8.42 Å². The topological polar surface area (TPSA) is 46.6 Å². The maximum Gasteiger partial charge on any atom is 0.246 e. The zero-order valence-corrected chi connectivity index (χ0v) is 14.2. The van der Waals surface area contributed by atoms with Crippen LogP contribution >= 0.6 is 0 Å². The molecular formula is C16H25NO3S. The van der Waals surface area contributed by atoms with E-state index < -0.39 is 10.0 Å². The number of aryl methyl sites for hydroxylation is 2. The predicted molar refractivity (Wildman–Crippen MR) is 84.2 cm³/mol. The molecule has 2 rings (SSSR count). The molecule has 0 aliphatic carbocycles. The fraction of sp³-hybridized carbons (Fsp3) is 0.625. The number of nitrogens with zero attached hydrogens (tertiary/aromatic N) is 1. The van der Waals surface area contributed by atoms with Gasteiger partial charge >= 0.3 is 0 Å². The minimum Gasteiger partial charge on any atom is -0.492 e. The Kier molecular flexibility index (Phi) is 4.94. The lowest BCUT2D eigenvalue weighted by Gasteiger charge is -2.30. The van der Waals surface area contributed by atoms with Gasteiger partial charge in [-0.05, 0) is 62.8 Å². The molecule has 0 amide bonds. The van der Waals surface area contributed by atoms with Crippen LogP contribution in [-0.4, -0.2) is 32.4 Å². The van der Waals surface area contributed by atoms with E-state index in [1.807, 2.05) is 26.8 Å². The molecule has 1 aliphatic rings. The van der Waals surface area contributed by atoms with E-state index in [-0.39, 0.29) is 0 Å². The fourth-order valence-corrected chi connectivity index (χ4v) is 4.53. The summed E-state index contributed by atoms with van der Waals surface area (Å²) in [6.45, 7) is 9.54. The van der Waals surface area contributed by atoms with Crippen LogP contribution in [-0.2, 0) is 10.0 Å². The SMILES string of the molecule is CCOc1cc(C)c(C)cc1S(=O)(=O)N1CCCC(C)C1. The van der Waals surface area contributed by atoms with E-state index >= 15 is 0 Å². The highest BCUT2D eigenvalue weighted by molar-refractivity contribution is 7.89. The number of rotatable bonds is 4. The van der Waals surface area contributed by atoms with Crippen molar-refractivity contribution < 1.29 is 13.2 Å². The number of benzene rings is 1. The molecule has 0 aromatic heterocycles. The average molecular weight is 311 g/mol. The van der Waals surface area contributed by atoms with Gasteiger partial charge < -0.3 is 4.74 Å². The smallest absolute Gasteiger partial charge is 0.246 e. The van der Waals surface area contributed by atoms with E-state index in [4.69, 9.17) is 4.74 Å². The molecule has 1 fully saturated rings. The molecule has 118 valence electrons. The number of hydrogen-bond acceptors (Lipinski definition) is 3. The summed E-state index contributed by atoms with van der Waals surface area (Å²) in [5.41, 5.74) is 2.02. The summed E-state index contributed by atoms with van der Waals surface area (Å²) in [5, 5.41) is 0. The molecule has 1 aromatic carbocycles. The lowest BCUT2D eigenvalue weighted by molar-refractivity contribution is 0.278. The summed E-state index contributed by atoms with van der Waals surface area (Å²) in [6, 6.07) is 3.58. The minimum absolute atomic E-state index is 0.307. The molecule has 5 heteroatoms. The maximum absolute atomic E-state index is 12.9. The maximum atomic E-state index is 12.9. The Labute approximate surface area is 128 Å². The first-order chi connectivity index (χ1) is 9.86. The van der Waals surface area contributed by atoms with Crippen LogP contribution in [0.4, 0.5) is 0 Å². The summed E-state index contributed by atoms with van der Waals surface area (Å²) < 4.78 is 33.1. The summed E-state index contributed by atoms with van der Waals surface area (Å²) in [7, 11) is -3.48. The van der Waals surface area contributed by atoms with Crippen LogP contribution in [0.3, 0.4) is 0 Å². The third-order valence-electron chi connectivity index (χ3n) is 4.10.